The average molecular weight is 213 g/mol. The van der Waals surface area contributed by atoms with Gasteiger partial charge in [-0.25, -0.2) is 0 Å². The van der Waals surface area contributed by atoms with E-state index in [1.54, 1.807) is 6.07 Å². The van der Waals surface area contributed by atoms with Gasteiger partial charge in [0, 0.05) is 35.8 Å². The van der Waals surface area contributed by atoms with Gasteiger partial charge in [-0.15, -0.1) is 0 Å². The highest BCUT2D eigenvalue weighted by Crippen LogP contribution is 2.30. The first-order valence-electron chi connectivity index (χ1n) is 5.02. The van der Waals surface area contributed by atoms with Crippen molar-refractivity contribution in [2.45, 2.75) is 0 Å². The molecule has 3 rings (SSSR count). The fraction of sp³-hybridized carbons (Fsp3) is 0.0833. The largest absolute Gasteiger partial charge is 0.381 e. The van der Waals surface area contributed by atoms with Gasteiger partial charge in [0.25, 0.3) is 0 Å². The van der Waals surface area contributed by atoms with E-state index in [1.807, 2.05) is 25.4 Å². The van der Waals surface area contributed by atoms with Crippen LogP contribution in [0.25, 0.3) is 22.2 Å². The Bertz CT molecular complexity index is 651. The lowest BCUT2D eigenvalue weighted by Crippen LogP contribution is -1.81. The Morgan fingerprint density at radius 1 is 1.31 bits per heavy atom. The van der Waals surface area contributed by atoms with Gasteiger partial charge in [0.2, 0.25) is 0 Å². The fourth-order valence-corrected chi connectivity index (χ4v) is 1.95. The Hall–Kier alpha value is -2.23. The SMILES string of the molecule is Cn1cc(-c2cc(N)no2)c2ccccc21. The molecule has 2 aromatic heterocycles. The van der Waals surface area contributed by atoms with E-state index in [-0.39, 0.29) is 0 Å². The summed E-state index contributed by atoms with van der Waals surface area (Å²) in [5.74, 6) is 1.11. The lowest BCUT2D eigenvalue weighted by atomic mass is 10.1. The molecule has 0 aliphatic heterocycles. The molecular weight excluding hydrogens is 202 g/mol. The third-order valence-corrected chi connectivity index (χ3v) is 2.69. The molecule has 0 bridgehead atoms. The van der Waals surface area contributed by atoms with Crippen molar-refractivity contribution in [1.29, 1.82) is 0 Å². The molecule has 0 aliphatic rings. The van der Waals surface area contributed by atoms with Gasteiger partial charge < -0.3 is 14.8 Å². The number of rotatable bonds is 1. The minimum absolute atomic E-state index is 0.405. The summed E-state index contributed by atoms with van der Waals surface area (Å²) in [5.41, 5.74) is 7.73. The second kappa shape index (κ2) is 3.13. The van der Waals surface area contributed by atoms with Gasteiger partial charge in [0.05, 0.1) is 0 Å². The highest BCUT2D eigenvalue weighted by Gasteiger charge is 2.11. The van der Waals surface area contributed by atoms with E-state index in [2.05, 4.69) is 21.9 Å². The van der Waals surface area contributed by atoms with Gasteiger partial charge in [0.1, 0.15) is 0 Å². The van der Waals surface area contributed by atoms with Crippen molar-refractivity contribution in [3.05, 3.63) is 36.5 Å². The van der Waals surface area contributed by atoms with Crippen LogP contribution in [-0.4, -0.2) is 9.72 Å². The number of nitrogens with zero attached hydrogens (tertiary/aromatic N) is 2. The Labute approximate surface area is 92.3 Å². The summed E-state index contributed by atoms with van der Waals surface area (Å²) in [6.07, 6.45) is 2.02. The van der Waals surface area contributed by atoms with Crippen LogP contribution in [0.3, 0.4) is 0 Å². The number of nitrogen functional groups attached to an aromatic ring is 1. The third-order valence-electron chi connectivity index (χ3n) is 2.69. The molecule has 4 nitrogen and oxygen atoms in total. The van der Waals surface area contributed by atoms with E-state index < -0.39 is 0 Å². The summed E-state index contributed by atoms with van der Waals surface area (Å²) < 4.78 is 7.24. The second-order valence-corrected chi connectivity index (χ2v) is 3.79. The molecular formula is C12H11N3O. The third kappa shape index (κ3) is 1.20. The van der Waals surface area contributed by atoms with Crippen molar-refractivity contribution >= 4 is 16.7 Å². The zero-order valence-corrected chi connectivity index (χ0v) is 8.84. The van der Waals surface area contributed by atoms with E-state index >= 15 is 0 Å². The topological polar surface area (TPSA) is 57.0 Å². The quantitative estimate of drug-likeness (QED) is 0.675. The van der Waals surface area contributed by atoms with E-state index in [0.717, 1.165) is 16.5 Å². The Morgan fingerprint density at radius 2 is 2.12 bits per heavy atom. The molecule has 0 unspecified atom stereocenters. The van der Waals surface area contributed by atoms with Gasteiger partial charge in [-0.3, -0.25) is 0 Å². The van der Waals surface area contributed by atoms with Crippen molar-refractivity contribution < 1.29 is 4.52 Å². The summed E-state index contributed by atoms with van der Waals surface area (Å²) in [7, 11) is 2.01. The number of aromatic nitrogens is 2. The van der Waals surface area contributed by atoms with Crippen molar-refractivity contribution in [1.82, 2.24) is 9.72 Å². The number of aryl methyl sites for hydroxylation is 1. The van der Waals surface area contributed by atoms with Gasteiger partial charge >= 0.3 is 0 Å². The predicted octanol–water partition coefficient (Wildman–Crippen LogP) is 2.42. The number of nitrogens with two attached hydrogens (primary N) is 1. The Balaban J connectivity index is 2.32. The number of benzene rings is 1. The van der Waals surface area contributed by atoms with Crippen LogP contribution in [0.5, 0.6) is 0 Å². The zero-order chi connectivity index (χ0) is 11.1. The van der Waals surface area contributed by atoms with Crippen molar-refractivity contribution in [2.75, 3.05) is 5.73 Å². The molecule has 3 aromatic rings. The minimum Gasteiger partial charge on any atom is -0.381 e. The number of fused-ring (bicyclic) bond motifs is 1. The number of anilines is 1. The molecule has 2 heterocycles. The maximum absolute atomic E-state index is 5.56. The maximum Gasteiger partial charge on any atom is 0.171 e. The maximum atomic E-state index is 5.56. The van der Waals surface area contributed by atoms with Crippen LogP contribution in [-0.2, 0) is 7.05 Å². The molecule has 80 valence electrons. The molecule has 0 spiro atoms. The summed E-state index contributed by atoms with van der Waals surface area (Å²) >= 11 is 0. The summed E-state index contributed by atoms with van der Waals surface area (Å²) in [5, 5.41) is 4.84. The van der Waals surface area contributed by atoms with Gasteiger partial charge in [-0.05, 0) is 6.07 Å². The van der Waals surface area contributed by atoms with Crippen LogP contribution in [0.1, 0.15) is 0 Å². The monoisotopic (exact) mass is 213 g/mol. The van der Waals surface area contributed by atoms with Gasteiger partial charge in [-0.1, -0.05) is 23.4 Å². The van der Waals surface area contributed by atoms with E-state index in [0.29, 0.717) is 11.6 Å². The van der Waals surface area contributed by atoms with E-state index in [9.17, 15) is 0 Å². The molecule has 0 saturated heterocycles. The van der Waals surface area contributed by atoms with Gasteiger partial charge in [0.15, 0.2) is 11.6 Å². The van der Waals surface area contributed by atoms with Crippen LogP contribution < -0.4 is 5.73 Å². The summed E-state index contributed by atoms with van der Waals surface area (Å²) in [6.45, 7) is 0. The van der Waals surface area contributed by atoms with Crippen LogP contribution in [0.2, 0.25) is 0 Å². The molecule has 4 heteroatoms. The first kappa shape index (κ1) is 9.03. The predicted molar refractivity (Wildman–Crippen MR) is 62.8 cm³/mol. The van der Waals surface area contributed by atoms with E-state index in [1.165, 1.54) is 0 Å². The standard InChI is InChI=1S/C12H11N3O/c1-15-7-9(11-6-12(13)14-16-11)8-4-2-3-5-10(8)15/h2-7H,1H3,(H2,13,14). The molecule has 1 aromatic carbocycles. The first-order valence-corrected chi connectivity index (χ1v) is 5.02. The molecule has 2 N–H and O–H groups in total. The molecule has 16 heavy (non-hydrogen) atoms. The lowest BCUT2D eigenvalue weighted by Gasteiger charge is -1.93. The fourth-order valence-electron chi connectivity index (χ4n) is 1.95. The zero-order valence-electron chi connectivity index (χ0n) is 8.84. The second-order valence-electron chi connectivity index (χ2n) is 3.79. The van der Waals surface area contributed by atoms with Crippen LogP contribution in [0.4, 0.5) is 5.82 Å². The van der Waals surface area contributed by atoms with Crippen molar-refractivity contribution in [3.63, 3.8) is 0 Å². The molecule has 0 amide bonds. The number of hydrogen-bond acceptors (Lipinski definition) is 3. The Kier molecular flexibility index (Phi) is 1.77. The molecule has 0 saturated carbocycles. The van der Waals surface area contributed by atoms with Gasteiger partial charge in [-0.2, -0.15) is 0 Å². The molecule has 0 fully saturated rings. The van der Waals surface area contributed by atoms with Crippen LogP contribution in [0, 0.1) is 0 Å². The smallest absolute Gasteiger partial charge is 0.171 e. The molecule has 0 atom stereocenters. The average Bonchev–Trinajstić information content (AvgIpc) is 2.84. The van der Waals surface area contributed by atoms with Crippen molar-refractivity contribution in [2.24, 2.45) is 7.05 Å². The number of para-hydroxylation sites is 1. The highest BCUT2D eigenvalue weighted by atomic mass is 16.5. The Morgan fingerprint density at radius 3 is 2.88 bits per heavy atom. The van der Waals surface area contributed by atoms with Crippen LogP contribution >= 0.6 is 0 Å². The normalized spacial score (nSPS) is 11.1. The lowest BCUT2D eigenvalue weighted by molar-refractivity contribution is 0.436. The molecule has 0 radical (unpaired) electrons. The molecule has 0 aliphatic carbocycles. The number of hydrogen-bond donors (Lipinski definition) is 1. The first-order chi connectivity index (χ1) is 7.75. The minimum atomic E-state index is 0.405. The van der Waals surface area contributed by atoms with Crippen molar-refractivity contribution in [3.8, 4) is 11.3 Å². The van der Waals surface area contributed by atoms with E-state index in [4.69, 9.17) is 10.3 Å². The summed E-state index contributed by atoms with van der Waals surface area (Å²) in [4.78, 5) is 0. The summed E-state index contributed by atoms with van der Waals surface area (Å²) in [6, 6.07) is 9.89. The highest BCUT2D eigenvalue weighted by molar-refractivity contribution is 5.94. The van der Waals surface area contributed by atoms with Crippen LogP contribution in [0.15, 0.2) is 41.1 Å².